The standard InChI is InChI=1S/C22H22N4O2/c1-27-19-11-16(12-20(13-19)28-2)15-26-10-6-7-17-14-23-22(25-21(17)26)24-18-8-4-3-5-9-18/h3-9,11-14H,10,15H2,1-2H3,(H,23,24,25). The lowest BCUT2D eigenvalue weighted by molar-refractivity contribution is 0.393. The first-order valence-electron chi connectivity index (χ1n) is 9.08. The lowest BCUT2D eigenvalue weighted by atomic mass is 10.1. The predicted octanol–water partition coefficient (Wildman–Crippen LogP) is 4.27. The highest BCUT2D eigenvalue weighted by molar-refractivity contribution is 5.69. The molecule has 28 heavy (non-hydrogen) atoms. The second-order valence-electron chi connectivity index (χ2n) is 6.47. The summed E-state index contributed by atoms with van der Waals surface area (Å²) in [5, 5.41) is 3.26. The van der Waals surface area contributed by atoms with E-state index in [1.165, 1.54) is 0 Å². The Bertz CT molecular complexity index is 967. The van der Waals surface area contributed by atoms with Crippen molar-refractivity contribution >= 4 is 23.5 Å². The Morgan fingerprint density at radius 2 is 1.79 bits per heavy atom. The fourth-order valence-electron chi connectivity index (χ4n) is 3.17. The van der Waals surface area contributed by atoms with Gasteiger partial charge in [0, 0.05) is 36.6 Å². The SMILES string of the molecule is COc1cc(CN2CC=Cc3cnc(Nc4ccccc4)nc32)cc(OC)c1. The van der Waals surface area contributed by atoms with Gasteiger partial charge < -0.3 is 19.7 Å². The molecule has 0 saturated carbocycles. The van der Waals surface area contributed by atoms with E-state index < -0.39 is 0 Å². The summed E-state index contributed by atoms with van der Waals surface area (Å²) in [7, 11) is 3.32. The molecule has 142 valence electrons. The lowest BCUT2D eigenvalue weighted by Crippen LogP contribution is -2.27. The number of benzene rings is 2. The molecule has 4 rings (SSSR count). The summed E-state index contributed by atoms with van der Waals surface area (Å²) in [4.78, 5) is 11.4. The van der Waals surface area contributed by atoms with Crippen molar-refractivity contribution in [2.24, 2.45) is 0 Å². The van der Waals surface area contributed by atoms with Crippen molar-refractivity contribution in [2.45, 2.75) is 6.54 Å². The third-order valence-corrected chi connectivity index (χ3v) is 4.53. The van der Waals surface area contributed by atoms with Gasteiger partial charge in [0.05, 0.1) is 14.2 Å². The van der Waals surface area contributed by atoms with E-state index >= 15 is 0 Å². The van der Waals surface area contributed by atoms with Crippen molar-refractivity contribution in [1.29, 1.82) is 0 Å². The molecule has 0 atom stereocenters. The average molecular weight is 374 g/mol. The Balaban J connectivity index is 1.61. The van der Waals surface area contributed by atoms with Crippen LogP contribution in [0.5, 0.6) is 11.5 Å². The molecular weight excluding hydrogens is 352 g/mol. The molecule has 0 bridgehead atoms. The zero-order valence-corrected chi connectivity index (χ0v) is 15.9. The minimum Gasteiger partial charge on any atom is -0.497 e. The third kappa shape index (κ3) is 3.91. The van der Waals surface area contributed by atoms with E-state index in [1.54, 1.807) is 14.2 Å². The Labute approximate surface area is 164 Å². The van der Waals surface area contributed by atoms with Crippen molar-refractivity contribution in [3.63, 3.8) is 0 Å². The van der Waals surface area contributed by atoms with Crippen molar-refractivity contribution < 1.29 is 9.47 Å². The maximum Gasteiger partial charge on any atom is 0.229 e. The molecule has 1 N–H and O–H groups in total. The van der Waals surface area contributed by atoms with Gasteiger partial charge in [-0.25, -0.2) is 4.98 Å². The van der Waals surface area contributed by atoms with Crippen LogP contribution in [0.3, 0.4) is 0 Å². The van der Waals surface area contributed by atoms with Crippen molar-refractivity contribution in [1.82, 2.24) is 9.97 Å². The first kappa shape index (κ1) is 17.9. The van der Waals surface area contributed by atoms with Crippen LogP contribution in [0.25, 0.3) is 6.08 Å². The van der Waals surface area contributed by atoms with Crippen LogP contribution >= 0.6 is 0 Å². The minimum atomic E-state index is 0.577. The van der Waals surface area contributed by atoms with Gasteiger partial charge >= 0.3 is 0 Å². The van der Waals surface area contributed by atoms with E-state index in [0.29, 0.717) is 12.5 Å². The molecule has 0 aliphatic carbocycles. The zero-order chi connectivity index (χ0) is 19.3. The monoisotopic (exact) mass is 374 g/mol. The van der Waals surface area contributed by atoms with Crippen molar-refractivity contribution in [3.05, 3.63) is 71.9 Å². The maximum absolute atomic E-state index is 5.39. The molecule has 0 fully saturated rings. The molecule has 1 aromatic heterocycles. The maximum atomic E-state index is 5.39. The van der Waals surface area contributed by atoms with Gasteiger partial charge in [-0.05, 0) is 29.8 Å². The summed E-state index contributed by atoms with van der Waals surface area (Å²) in [5.74, 6) is 3.03. The van der Waals surface area contributed by atoms with Crippen LogP contribution in [-0.2, 0) is 6.54 Å². The molecule has 1 aliphatic heterocycles. The Morgan fingerprint density at radius 1 is 1.04 bits per heavy atom. The fourth-order valence-corrected chi connectivity index (χ4v) is 3.17. The van der Waals surface area contributed by atoms with Gasteiger partial charge in [0.1, 0.15) is 17.3 Å². The smallest absolute Gasteiger partial charge is 0.229 e. The van der Waals surface area contributed by atoms with Gasteiger partial charge in [0.25, 0.3) is 0 Å². The number of ether oxygens (including phenoxy) is 2. The summed E-state index contributed by atoms with van der Waals surface area (Å²) < 4.78 is 10.8. The summed E-state index contributed by atoms with van der Waals surface area (Å²) in [6, 6.07) is 15.8. The number of hydrogen-bond acceptors (Lipinski definition) is 6. The fraction of sp³-hybridized carbons (Fsp3) is 0.182. The van der Waals surface area contributed by atoms with Gasteiger partial charge in [-0.3, -0.25) is 0 Å². The molecule has 2 heterocycles. The van der Waals surface area contributed by atoms with Crippen LogP contribution in [0.15, 0.2) is 60.8 Å². The number of fused-ring (bicyclic) bond motifs is 1. The topological polar surface area (TPSA) is 59.5 Å². The highest BCUT2D eigenvalue weighted by Crippen LogP contribution is 2.29. The quantitative estimate of drug-likeness (QED) is 0.695. The molecule has 6 nitrogen and oxygen atoms in total. The van der Waals surface area contributed by atoms with E-state index in [0.717, 1.165) is 40.7 Å². The van der Waals surface area contributed by atoms with Crippen LogP contribution in [-0.4, -0.2) is 30.7 Å². The number of hydrogen-bond donors (Lipinski definition) is 1. The van der Waals surface area contributed by atoms with Gasteiger partial charge in [0.2, 0.25) is 5.95 Å². The molecule has 0 spiro atoms. The molecular formula is C22H22N4O2. The predicted molar refractivity (Wildman–Crippen MR) is 111 cm³/mol. The van der Waals surface area contributed by atoms with Crippen molar-refractivity contribution in [2.75, 3.05) is 31.0 Å². The summed E-state index contributed by atoms with van der Waals surface area (Å²) in [5.41, 5.74) is 3.05. The number of para-hydroxylation sites is 1. The molecule has 1 aliphatic rings. The normalized spacial score (nSPS) is 12.4. The number of nitrogens with one attached hydrogen (secondary N) is 1. The van der Waals surface area contributed by atoms with E-state index in [1.807, 2.05) is 54.7 Å². The largest absolute Gasteiger partial charge is 0.497 e. The summed E-state index contributed by atoms with van der Waals surface area (Å²) >= 11 is 0. The number of anilines is 3. The number of rotatable bonds is 6. The molecule has 0 radical (unpaired) electrons. The Morgan fingerprint density at radius 3 is 2.50 bits per heavy atom. The van der Waals surface area contributed by atoms with Gasteiger partial charge in [-0.15, -0.1) is 0 Å². The first-order valence-corrected chi connectivity index (χ1v) is 9.08. The molecule has 0 saturated heterocycles. The lowest BCUT2D eigenvalue weighted by Gasteiger charge is -2.27. The van der Waals surface area contributed by atoms with Crippen molar-refractivity contribution in [3.8, 4) is 11.5 Å². The molecule has 2 aromatic carbocycles. The number of methoxy groups -OCH3 is 2. The molecule has 6 heteroatoms. The molecule has 0 amide bonds. The van der Waals surface area contributed by atoms with Gasteiger partial charge in [-0.1, -0.05) is 30.4 Å². The first-order chi connectivity index (χ1) is 13.7. The van der Waals surface area contributed by atoms with Crippen LogP contribution in [0, 0.1) is 0 Å². The highest BCUT2D eigenvalue weighted by Gasteiger charge is 2.17. The third-order valence-electron chi connectivity index (χ3n) is 4.53. The number of aromatic nitrogens is 2. The summed E-state index contributed by atoms with van der Waals surface area (Å²) in [6.07, 6.45) is 6.03. The average Bonchev–Trinajstić information content (AvgIpc) is 2.74. The summed E-state index contributed by atoms with van der Waals surface area (Å²) in [6.45, 7) is 1.46. The van der Waals surface area contributed by atoms with Crippen LogP contribution in [0.2, 0.25) is 0 Å². The second-order valence-corrected chi connectivity index (χ2v) is 6.47. The Kier molecular flexibility index (Phi) is 5.10. The second kappa shape index (κ2) is 8.00. The highest BCUT2D eigenvalue weighted by atomic mass is 16.5. The molecule has 3 aromatic rings. The minimum absolute atomic E-state index is 0.577. The van der Waals surface area contributed by atoms with Gasteiger partial charge in [0.15, 0.2) is 0 Å². The Hall–Kier alpha value is -3.54. The van der Waals surface area contributed by atoms with E-state index in [9.17, 15) is 0 Å². The van der Waals surface area contributed by atoms with Crippen LogP contribution in [0.1, 0.15) is 11.1 Å². The van der Waals surface area contributed by atoms with Gasteiger partial charge in [-0.2, -0.15) is 4.98 Å². The van der Waals surface area contributed by atoms with E-state index in [4.69, 9.17) is 14.5 Å². The molecule has 0 unspecified atom stereocenters. The number of nitrogens with zero attached hydrogens (tertiary/aromatic N) is 3. The van der Waals surface area contributed by atoms with E-state index in [-0.39, 0.29) is 0 Å². The zero-order valence-electron chi connectivity index (χ0n) is 15.9. The van der Waals surface area contributed by atoms with Crippen LogP contribution in [0.4, 0.5) is 17.5 Å². The van der Waals surface area contributed by atoms with E-state index in [2.05, 4.69) is 27.4 Å². The van der Waals surface area contributed by atoms with Crippen LogP contribution < -0.4 is 19.7 Å².